The van der Waals surface area contributed by atoms with E-state index in [4.69, 9.17) is 19.8 Å². The zero-order valence-electron chi connectivity index (χ0n) is 3.44. The van der Waals surface area contributed by atoms with E-state index in [1.54, 1.807) is 0 Å². The minimum Gasteiger partial charge on any atom is -0.483 e. The number of hydrogen-bond donors (Lipinski definition) is 2. The van der Waals surface area contributed by atoms with E-state index in [1.807, 2.05) is 0 Å². The van der Waals surface area contributed by atoms with Gasteiger partial charge in [0.2, 0.25) is 0 Å². The van der Waals surface area contributed by atoms with Crippen LogP contribution in [0.4, 0.5) is 0 Å². The number of carboxylic acid groups (broad SMARTS) is 2. The second-order valence-corrected chi connectivity index (χ2v) is 0.211. The summed E-state index contributed by atoms with van der Waals surface area (Å²) in [6.07, 6.45) is 0. The Kier molecular flexibility index (Phi) is 82.7. The molecule has 0 saturated carbocycles. The molecule has 0 bridgehead atoms. The van der Waals surface area contributed by atoms with Crippen LogP contribution >= 0.6 is 0 Å². The number of carbonyl (C=O) groups is 2. The van der Waals surface area contributed by atoms with Gasteiger partial charge in [-0.25, -0.2) is 0 Å². The van der Waals surface area contributed by atoms with Crippen molar-refractivity contribution in [2.75, 3.05) is 0 Å². The predicted octanol–water partition coefficient (Wildman–Crippen LogP) is -0.601. The van der Waals surface area contributed by atoms with Gasteiger partial charge in [-0.2, -0.15) is 0 Å². The van der Waals surface area contributed by atoms with Gasteiger partial charge in [0, 0.05) is 32.7 Å². The molecule has 4 nitrogen and oxygen atoms in total. The largest absolute Gasteiger partial charge is 0.483 e. The van der Waals surface area contributed by atoms with E-state index >= 15 is 0 Å². The summed E-state index contributed by atoms with van der Waals surface area (Å²) in [5, 5.41) is 13.8. The van der Waals surface area contributed by atoms with Crippen LogP contribution in [-0.4, -0.2) is 23.2 Å². The topological polar surface area (TPSA) is 74.6 Å². The van der Waals surface area contributed by atoms with Crippen molar-refractivity contribution in [2.24, 2.45) is 0 Å². The van der Waals surface area contributed by atoms with Crippen LogP contribution in [-0.2, 0) is 42.3 Å². The summed E-state index contributed by atoms with van der Waals surface area (Å²) >= 11 is 0. The van der Waals surface area contributed by atoms with Crippen LogP contribution in [0.3, 0.4) is 0 Å². The molecule has 0 heterocycles. The van der Waals surface area contributed by atoms with Gasteiger partial charge in [0.1, 0.15) is 0 Å². The van der Waals surface area contributed by atoms with Crippen molar-refractivity contribution in [2.45, 2.75) is 0 Å². The zero-order valence-corrected chi connectivity index (χ0v) is 6.28. The van der Waals surface area contributed by atoms with Crippen molar-refractivity contribution in [1.29, 1.82) is 0 Å². The molecule has 2 N–H and O–H groups in total. The summed E-state index contributed by atoms with van der Waals surface area (Å²) < 4.78 is 0. The Morgan fingerprint density at radius 1 is 1.00 bits per heavy atom. The van der Waals surface area contributed by atoms with E-state index in [-0.39, 0.29) is 45.7 Å². The molecule has 1 radical (unpaired) electrons. The van der Waals surface area contributed by atoms with Gasteiger partial charge in [-0.1, -0.05) is 0 Å². The molecule has 7 heavy (non-hydrogen) atoms. The van der Waals surface area contributed by atoms with Crippen molar-refractivity contribution in [3.8, 4) is 0 Å². The molecule has 0 spiro atoms. The van der Waals surface area contributed by atoms with E-state index in [2.05, 4.69) is 0 Å². The van der Waals surface area contributed by atoms with E-state index in [9.17, 15) is 0 Å². The van der Waals surface area contributed by atoms with Crippen LogP contribution in [0.1, 0.15) is 0 Å². The molecule has 0 rings (SSSR count). The Morgan fingerprint density at radius 2 is 1.00 bits per heavy atom. The maximum Gasteiger partial charge on any atom is 0.290 e. The quantitative estimate of drug-likeness (QED) is 0.489. The van der Waals surface area contributed by atoms with Gasteiger partial charge in [0.15, 0.2) is 0 Å². The zero-order chi connectivity index (χ0) is 5.41. The van der Waals surface area contributed by atoms with Crippen molar-refractivity contribution < 1.29 is 52.5 Å². The second-order valence-electron chi connectivity index (χ2n) is 0.211. The fraction of sp³-hybridized carbons (Fsp3) is 0. The maximum atomic E-state index is 8.36. The Balaban J connectivity index is -0.0000000400. The van der Waals surface area contributed by atoms with Gasteiger partial charge in [0.05, 0.1) is 0 Å². The van der Waals surface area contributed by atoms with Crippen LogP contribution in [0.5, 0.6) is 0 Å². The molecule has 0 amide bonds. The van der Waals surface area contributed by atoms with Gasteiger partial charge in [-0.3, -0.25) is 9.59 Å². The molecule has 39 valence electrons. The molecule has 0 aliphatic carbocycles. The molecule has 0 aromatic carbocycles. The molecule has 0 fully saturated rings. The maximum absolute atomic E-state index is 8.36. The van der Waals surface area contributed by atoms with Crippen molar-refractivity contribution in [1.82, 2.24) is 0 Å². The summed E-state index contributed by atoms with van der Waals surface area (Å²) in [4.78, 5) is 16.7. The third-order valence-electron chi connectivity index (χ3n) is 0. The van der Waals surface area contributed by atoms with Crippen molar-refractivity contribution in [3.05, 3.63) is 0 Å². The molecular weight excluding hydrogens is 177 g/mol. The SMILES string of the molecule is O=CO.O=CO.[Y]. The molecular formula is C2H4O4Y. The molecule has 0 aliphatic rings. The Morgan fingerprint density at radius 3 is 1.00 bits per heavy atom. The van der Waals surface area contributed by atoms with Crippen LogP contribution in [0.15, 0.2) is 0 Å². The molecule has 0 saturated heterocycles. The molecule has 5 heteroatoms. The monoisotopic (exact) mass is 181 g/mol. The minimum atomic E-state index is -0.250. The first-order chi connectivity index (χ1) is 2.83. The van der Waals surface area contributed by atoms with Gasteiger partial charge in [-0.15, -0.1) is 0 Å². The van der Waals surface area contributed by atoms with Gasteiger partial charge in [0.25, 0.3) is 12.9 Å². The summed E-state index contributed by atoms with van der Waals surface area (Å²) in [5.41, 5.74) is 0. The van der Waals surface area contributed by atoms with Crippen LogP contribution in [0.2, 0.25) is 0 Å². The van der Waals surface area contributed by atoms with E-state index in [1.165, 1.54) is 0 Å². The van der Waals surface area contributed by atoms with Crippen molar-refractivity contribution in [3.63, 3.8) is 0 Å². The standard InChI is InChI=1S/2CH2O2.Y/c2*2-1-3;/h2*1H,(H,2,3);. The average Bonchev–Trinajstić information content (AvgIpc) is 1.39. The first kappa shape index (κ1) is 15.7. The number of hydrogen-bond acceptors (Lipinski definition) is 2. The molecule has 0 aliphatic heterocycles. The Labute approximate surface area is 65.4 Å². The van der Waals surface area contributed by atoms with Crippen LogP contribution < -0.4 is 0 Å². The summed E-state index contributed by atoms with van der Waals surface area (Å²) in [6, 6.07) is 0. The first-order valence-corrected chi connectivity index (χ1v) is 0.988. The summed E-state index contributed by atoms with van der Waals surface area (Å²) in [7, 11) is 0. The van der Waals surface area contributed by atoms with Gasteiger partial charge < -0.3 is 10.2 Å². The van der Waals surface area contributed by atoms with E-state index in [0.717, 1.165) is 0 Å². The molecule has 0 atom stereocenters. The average molecular weight is 181 g/mol. The predicted molar refractivity (Wildman–Crippen MR) is 17.4 cm³/mol. The minimum absolute atomic E-state index is 0. The molecule has 0 aromatic rings. The van der Waals surface area contributed by atoms with E-state index < -0.39 is 0 Å². The van der Waals surface area contributed by atoms with Gasteiger partial charge in [-0.05, 0) is 0 Å². The van der Waals surface area contributed by atoms with Crippen LogP contribution in [0.25, 0.3) is 0 Å². The second kappa shape index (κ2) is 36.8. The first-order valence-electron chi connectivity index (χ1n) is 0.988. The normalized spacial score (nSPS) is 3.43. The third kappa shape index (κ3) is 51300. The molecule has 0 unspecified atom stereocenters. The smallest absolute Gasteiger partial charge is 0.290 e. The molecule has 0 aromatic heterocycles. The third-order valence-corrected chi connectivity index (χ3v) is 0. The van der Waals surface area contributed by atoms with E-state index in [0.29, 0.717) is 0 Å². The van der Waals surface area contributed by atoms with Crippen LogP contribution in [0, 0.1) is 0 Å². The summed E-state index contributed by atoms with van der Waals surface area (Å²) in [6.45, 7) is -0.500. The summed E-state index contributed by atoms with van der Waals surface area (Å²) in [5.74, 6) is 0. The fourth-order valence-electron chi connectivity index (χ4n) is 0. The van der Waals surface area contributed by atoms with Gasteiger partial charge >= 0.3 is 0 Å². The van der Waals surface area contributed by atoms with Crippen molar-refractivity contribution >= 4 is 12.9 Å². The number of rotatable bonds is 0. The Bertz CT molecular complexity index is 30.7. The Hall–Kier alpha value is 0.0439. The fourth-order valence-corrected chi connectivity index (χ4v) is 0.